The molecule has 0 saturated carbocycles. The van der Waals surface area contributed by atoms with Crippen LogP contribution in [0.2, 0.25) is 10.0 Å². The van der Waals surface area contributed by atoms with Gasteiger partial charge in [0.25, 0.3) is 5.56 Å². The predicted molar refractivity (Wildman–Crippen MR) is 144 cm³/mol. The third kappa shape index (κ3) is 4.88. The molecule has 2 heterocycles. The Hall–Kier alpha value is -3.94. The monoisotopic (exact) mass is 533 g/mol. The number of rotatable bonds is 6. The molecule has 3 aromatic carbocycles. The Labute approximate surface area is 222 Å². The molecular weight excluding hydrogens is 513 g/mol. The molecule has 186 valence electrons. The van der Waals surface area contributed by atoms with E-state index < -0.39 is 17.9 Å². The molecule has 0 fully saturated rings. The molecule has 1 aromatic heterocycles. The number of aromatic amines is 1. The SMILES string of the molecule is O=C(O)CCC(=O)N1N=C(c2c(-c3ccc(Cl)cc3)c3ccccc3[nH]c2=O)C[C@@H]1c1ccccc1Cl. The fraction of sp³-hybridized carbons (Fsp3) is 0.143. The molecule has 0 bridgehead atoms. The van der Waals surface area contributed by atoms with Crippen LogP contribution in [0.25, 0.3) is 22.0 Å². The van der Waals surface area contributed by atoms with Gasteiger partial charge in [-0.2, -0.15) is 5.10 Å². The zero-order valence-electron chi connectivity index (χ0n) is 19.4. The number of hydrazone groups is 1. The van der Waals surface area contributed by atoms with Gasteiger partial charge in [0.1, 0.15) is 0 Å². The Morgan fingerprint density at radius 2 is 1.65 bits per heavy atom. The number of nitrogens with one attached hydrogen (secondary N) is 1. The second kappa shape index (κ2) is 10.2. The van der Waals surface area contributed by atoms with Gasteiger partial charge in [0.05, 0.1) is 23.7 Å². The van der Waals surface area contributed by atoms with Crippen molar-refractivity contribution in [3.8, 4) is 11.1 Å². The first kappa shape index (κ1) is 24.7. The maximum atomic E-state index is 13.5. The average Bonchev–Trinajstić information content (AvgIpc) is 3.32. The number of amides is 1. The van der Waals surface area contributed by atoms with E-state index in [1.807, 2.05) is 36.4 Å². The van der Waals surface area contributed by atoms with Crippen LogP contribution in [0.1, 0.15) is 36.4 Å². The lowest BCUT2D eigenvalue weighted by molar-refractivity contribution is -0.141. The van der Waals surface area contributed by atoms with Gasteiger partial charge in [0, 0.05) is 39.4 Å². The number of aliphatic carboxylic acids is 1. The molecule has 1 amide bonds. The lowest BCUT2D eigenvalue weighted by Crippen LogP contribution is -2.27. The second-order valence-corrected chi connectivity index (χ2v) is 9.52. The number of pyridine rings is 1. The largest absolute Gasteiger partial charge is 0.481 e. The summed E-state index contributed by atoms with van der Waals surface area (Å²) in [6, 6.07) is 21.2. The first-order valence-electron chi connectivity index (χ1n) is 11.6. The van der Waals surface area contributed by atoms with Crippen molar-refractivity contribution >= 4 is 51.7 Å². The van der Waals surface area contributed by atoms with Crippen molar-refractivity contribution in [2.75, 3.05) is 0 Å². The number of hydrogen-bond donors (Lipinski definition) is 2. The standard InChI is InChI=1S/C28H21Cl2N3O4/c29-17-11-9-16(10-12-17)26-19-6-2-4-8-21(19)31-28(37)27(26)22-15-23(18-5-1-3-7-20(18)30)33(32-22)24(34)13-14-25(35)36/h1-12,23H,13-15H2,(H,31,37)(H,35,36)/t23-/m1/s1. The van der Waals surface area contributed by atoms with Gasteiger partial charge in [-0.05, 0) is 35.4 Å². The number of carbonyl (C=O) groups is 2. The van der Waals surface area contributed by atoms with E-state index in [-0.39, 0.29) is 24.8 Å². The number of carboxylic acids is 1. The van der Waals surface area contributed by atoms with E-state index in [9.17, 15) is 14.4 Å². The normalized spacial score (nSPS) is 15.1. The average molecular weight is 534 g/mol. The van der Waals surface area contributed by atoms with Crippen LogP contribution in [0.4, 0.5) is 0 Å². The molecule has 1 atom stereocenters. The molecule has 4 aromatic rings. The van der Waals surface area contributed by atoms with Gasteiger partial charge in [-0.25, -0.2) is 5.01 Å². The van der Waals surface area contributed by atoms with Gasteiger partial charge in [-0.3, -0.25) is 14.4 Å². The third-order valence-electron chi connectivity index (χ3n) is 6.33. The molecule has 1 aliphatic heterocycles. The maximum Gasteiger partial charge on any atom is 0.303 e. The van der Waals surface area contributed by atoms with Crippen molar-refractivity contribution in [2.45, 2.75) is 25.3 Å². The summed E-state index contributed by atoms with van der Waals surface area (Å²) in [6.07, 6.45) is -0.336. The number of benzene rings is 3. The van der Waals surface area contributed by atoms with Crippen molar-refractivity contribution in [3.05, 3.63) is 104 Å². The molecular formula is C28H21Cl2N3O4. The first-order chi connectivity index (χ1) is 17.8. The second-order valence-electron chi connectivity index (χ2n) is 8.68. The number of H-pyrrole nitrogens is 1. The smallest absolute Gasteiger partial charge is 0.303 e. The van der Waals surface area contributed by atoms with E-state index in [1.165, 1.54) is 5.01 Å². The molecule has 1 aliphatic rings. The van der Waals surface area contributed by atoms with Crippen molar-refractivity contribution in [2.24, 2.45) is 5.10 Å². The van der Waals surface area contributed by atoms with Gasteiger partial charge in [0.15, 0.2) is 0 Å². The van der Waals surface area contributed by atoms with E-state index in [0.29, 0.717) is 38.0 Å². The highest BCUT2D eigenvalue weighted by Gasteiger charge is 2.36. The molecule has 9 heteroatoms. The Kier molecular flexibility index (Phi) is 6.82. The highest BCUT2D eigenvalue weighted by Crippen LogP contribution is 2.39. The van der Waals surface area contributed by atoms with Crippen LogP contribution >= 0.6 is 23.2 Å². The van der Waals surface area contributed by atoms with Crippen LogP contribution in [-0.2, 0) is 9.59 Å². The van der Waals surface area contributed by atoms with E-state index in [2.05, 4.69) is 10.1 Å². The molecule has 37 heavy (non-hydrogen) atoms. The van der Waals surface area contributed by atoms with E-state index in [0.717, 1.165) is 10.9 Å². The molecule has 0 aliphatic carbocycles. The van der Waals surface area contributed by atoms with Crippen LogP contribution in [0.15, 0.2) is 82.7 Å². The number of nitrogens with zero attached hydrogens (tertiary/aromatic N) is 2. The van der Waals surface area contributed by atoms with Crippen LogP contribution in [0.3, 0.4) is 0 Å². The quantitative estimate of drug-likeness (QED) is 0.315. The molecule has 7 nitrogen and oxygen atoms in total. The number of carboxylic acid groups (broad SMARTS) is 1. The lowest BCUT2D eigenvalue weighted by atomic mass is 9.91. The van der Waals surface area contributed by atoms with E-state index >= 15 is 0 Å². The minimum absolute atomic E-state index is 0.227. The minimum Gasteiger partial charge on any atom is -0.481 e. The van der Waals surface area contributed by atoms with Gasteiger partial charge in [0.2, 0.25) is 5.91 Å². The highest BCUT2D eigenvalue weighted by molar-refractivity contribution is 6.31. The summed E-state index contributed by atoms with van der Waals surface area (Å²) in [4.78, 5) is 40.7. The zero-order chi connectivity index (χ0) is 26.1. The third-order valence-corrected chi connectivity index (χ3v) is 6.92. The predicted octanol–water partition coefficient (Wildman–Crippen LogP) is 6.04. The van der Waals surface area contributed by atoms with Crippen molar-refractivity contribution in [1.82, 2.24) is 9.99 Å². The van der Waals surface area contributed by atoms with Crippen LogP contribution in [0, 0.1) is 0 Å². The lowest BCUT2D eigenvalue weighted by Gasteiger charge is -2.22. The van der Waals surface area contributed by atoms with Crippen LogP contribution in [0.5, 0.6) is 0 Å². The number of aromatic nitrogens is 1. The Balaban J connectivity index is 1.70. The molecule has 5 rings (SSSR count). The number of carbonyl (C=O) groups excluding carboxylic acids is 1. The number of halogens is 2. The Bertz CT molecular complexity index is 1610. The highest BCUT2D eigenvalue weighted by atomic mass is 35.5. The topological polar surface area (TPSA) is 103 Å². The van der Waals surface area contributed by atoms with Gasteiger partial charge < -0.3 is 10.1 Å². The fourth-order valence-electron chi connectivity index (χ4n) is 4.64. The molecule has 0 unspecified atom stereocenters. The fourth-order valence-corrected chi connectivity index (χ4v) is 5.03. The molecule has 2 N–H and O–H groups in total. The minimum atomic E-state index is -1.08. The Morgan fingerprint density at radius 3 is 2.38 bits per heavy atom. The van der Waals surface area contributed by atoms with Crippen LogP contribution < -0.4 is 5.56 Å². The van der Waals surface area contributed by atoms with Gasteiger partial charge >= 0.3 is 5.97 Å². The molecule has 0 spiro atoms. The summed E-state index contributed by atoms with van der Waals surface area (Å²) in [7, 11) is 0. The molecule has 0 radical (unpaired) electrons. The summed E-state index contributed by atoms with van der Waals surface area (Å²) in [6.45, 7) is 0. The van der Waals surface area contributed by atoms with Crippen molar-refractivity contribution < 1.29 is 14.7 Å². The van der Waals surface area contributed by atoms with Gasteiger partial charge in [-0.1, -0.05) is 71.7 Å². The summed E-state index contributed by atoms with van der Waals surface area (Å²) < 4.78 is 0. The number of fused-ring (bicyclic) bond motifs is 1. The zero-order valence-corrected chi connectivity index (χ0v) is 21.0. The summed E-state index contributed by atoms with van der Waals surface area (Å²) in [5, 5.41) is 16.8. The van der Waals surface area contributed by atoms with Crippen molar-refractivity contribution in [1.29, 1.82) is 0 Å². The molecule has 0 saturated heterocycles. The Morgan fingerprint density at radius 1 is 0.946 bits per heavy atom. The van der Waals surface area contributed by atoms with E-state index in [1.54, 1.807) is 36.4 Å². The summed E-state index contributed by atoms with van der Waals surface area (Å²) in [5.41, 5.74) is 3.17. The summed E-state index contributed by atoms with van der Waals surface area (Å²) >= 11 is 12.6. The van der Waals surface area contributed by atoms with Crippen LogP contribution in [-0.4, -0.2) is 32.7 Å². The summed E-state index contributed by atoms with van der Waals surface area (Å²) in [5.74, 6) is -1.55. The number of para-hydroxylation sites is 1. The van der Waals surface area contributed by atoms with Crippen molar-refractivity contribution in [3.63, 3.8) is 0 Å². The number of hydrogen-bond acceptors (Lipinski definition) is 4. The maximum absolute atomic E-state index is 13.5. The first-order valence-corrected chi connectivity index (χ1v) is 12.4. The van der Waals surface area contributed by atoms with Gasteiger partial charge in [-0.15, -0.1) is 0 Å². The van der Waals surface area contributed by atoms with E-state index in [4.69, 9.17) is 28.3 Å².